The highest BCUT2D eigenvalue weighted by molar-refractivity contribution is 5.91. The molecular weight excluding hydrogens is 272 g/mol. The maximum atomic E-state index is 12.0. The Balaban J connectivity index is 1.56. The average Bonchev–Trinajstić information content (AvgIpc) is 2.93. The summed E-state index contributed by atoms with van der Waals surface area (Å²) in [7, 11) is 0. The number of nitrogens with zero attached hydrogens (tertiary/aromatic N) is 1. The number of hydrogen-bond donors (Lipinski definition) is 1. The summed E-state index contributed by atoms with van der Waals surface area (Å²) in [6.45, 7) is 2.04. The third kappa shape index (κ3) is 3.31. The van der Waals surface area contributed by atoms with E-state index in [9.17, 15) is 4.79 Å². The van der Waals surface area contributed by atoms with Crippen LogP contribution in [-0.4, -0.2) is 12.1 Å². The number of nitrogens with one attached hydrogen (secondary N) is 1. The molecule has 0 atom stereocenters. The Labute approximate surface area is 130 Å². The Bertz CT molecular complexity index is 742. The van der Waals surface area contributed by atoms with Crippen molar-refractivity contribution >= 4 is 17.7 Å². The molecule has 1 aliphatic carbocycles. The predicted octanol–water partition coefficient (Wildman–Crippen LogP) is 3.47. The molecule has 1 aliphatic rings. The van der Waals surface area contributed by atoms with Crippen LogP contribution in [0.5, 0.6) is 0 Å². The fraction of sp³-hybridized carbons (Fsp3) is 0.158. The highest BCUT2D eigenvalue weighted by Crippen LogP contribution is 2.29. The van der Waals surface area contributed by atoms with Gasteiger partial charge in [0.1, 0.15) is 0 Å². The zero-order chi connectivity index (χ0) is 15.4. The number of hydrogen-bond acceptors (Lipinski definition) is 2. The molecule has 0 fully saturated rings. The van der Waals surface area contributed by atoms with E-state index in [2.05, 4.69) is 28.7 Å². The van der Waals surface area contributed by atoms with Gasteiger partial charge in [-0.1, -0.05) is 60.2 Å². The van der Waals surface area contributed by atoms with E-state index in [0.29, 0.717) is 6.42 Å². The van der Waals surface area contributed by atoms with Gasteiger partial charge in [-0.15, -0.1) is 0 Å². The Morgan fingerprint density at radius 3 is 2.77 bits per heavy atom. The molecule has 0 radical (unpaired) electrons. The molecule has 0 aromatic heterocycles. The van der Waals surface area contributed by atoms with Gasteiger partial charge in [-0.25, -0.2) is 5.43 Å². The second kappa shape index (κ2) is 6.39. The molecule has 2 aromatic rings. The fourth-order valence-electron chi connectivity index (χ4n) is 2.57. The first-order chi connectivity index (χ1) is 10.7. The van der Waals surface area contributed by atoms with Crippen LogP contribution in [0.1, 0.15) is 28.7 Å². The van der Waals surface area contributed by atoms with Crippen molar-refractivity contribution in [3.63, 3.8) is 0 Å². The van der Waals surface area contributed by atoms with Crippen LogP contribution in [0.15, 0.2) is 59.7 Å². The summed E-state index contributed by atoms with van der Waals surface area (Å²) in [6.07, 6.45) is 5.05. The van der Waals surface area contributed by atoms with Crippen LogP contribution >= 0.6 is 0 Å². The molecule has 1 amide bonds. The van der Waals surface area contributed by atoms with Gasteiger partial charge >= 0.3 is 0 Å². The first kappa shape index (κ1) is 14.3. The summed E-state index contributed by atoms with van der Waals surface area (Å²) in [5.74, 6) is -0.0914. The highest BCUT2D eigenvalue weighted by atomic mass is 16.2. The van der Waals surface area contributed by atoms with Gasteiger partial charge in [0.15, 0.2) is 0 Å². The van der Waals surface area contributed by atoms with Crippen molar-refractivity contribution in [3.05, 3.63) is 76.9 Å². The first-order valence-electron chi connectivity index (χ1n) is 7.38. The number of amides is 1. The van der Waals surface area contributed by atoms with Gasteiger partial charge in [-0.2, -0.15) is 5.10 Å². The number of benzene rings is 2. The molecular formula is C19H18N2O. The molecule has 1 N–H and O–H groups in total. The van der Waals surface area contributed by atoms with Gasteiger partial charge in [0.05, 0.1) is 12.6 Å². The third-order valence-corrected chi connectivity index (χ3v) is 3.76. The summed E-state index contributed by atoms with van der Waals surface area (Å²) in [5, 5.41) is 4.02. The maximum absolute atomic E-state index is 12.0. The van der Waals surface area contributed by atoms with E-state index in [1.165, 1.54) is 16.7 Å². The SMILES string of the molecule is Cc1ccc(/C=N/NC(=O)CC2=CCc3ccccc32)cc1. The van der Waals surface area contributed by atoms with Crippen molar-refractivity contribution < 1.29 is 4.79 Å². The number of rotatable bonds is 4. The molecule has 0 bridgehead atoms. The standard InChI is InChI=1S/C19H18N2O/c1-14-6-8-15(9-7-14)13-20-21-19(22)12-17-11-10-16-4-2-3-5-18(16)17/h2-9,11,13H,10,12H2,1H3,(H,21,22)/b20-13+. The van der Waals surface area contributed by atoms with Gasteiger partial charge in [-0.05, 0) is 35.6 Å². The van der Waals surface area contributed by atoms with Crippen molar-refractivity contribution in [2.75, 3.05) is 0 Å². The Morgan fingerprint density at radius 1 is 1.18 bits per heavy atom. The number of fused-ring (bicyclic) bond motifs is 1. The minimum atomic E-state index is -0.0914. The van der Waals surface area contributed by atoms with Gasteiger partial charge in [0.2, 0.25) is 5.91 Å². The Morgan fingerprint density at radius 2 is 1.95 bits per heavy atom. The van der Waals surface area contributed by atoms with Gasteiger partial charge in [0, 0.05) is 0 Å². The molecule has 0 saturated heterocycles. The van der Waals surface area contributed by atoms with E-state index < -0.39 is 0 Å². The highest BCUT2D eigenvalue weighted by Gasteiger charge is 2.15. The topological polar surface area (TPSA) is 41.5 Å². The molecule has 0 heterocycles. The smallest absolute Gasteiger partial charge is 0.244 e. The van der Waals surface area contributed by atoms with E-state index in [0.717, 1.165) is 17.6 Å². The largest absolute Gasteiger partial charge is 0.273 e. The summed E-state index contributed by atoms with van der Waals surface area (Å²) >= 11 is 0. The number of allylic oxidation sites excluding steroid dienone is 1. The molecule has 3 rings (SSSR count). The second-order valence-electron chi connectivity index (χ2n) is 5.47. The monoisotopic (exact) mass is 290 g/mol. The molecule has 0 spiro atoms. The van der Waals surface area contributed by atoms with Crippen LogP contribution in [-0.2, 0) is 11.2 Å². The lowest BCUT2D eigenvalue weighted by Crippen LogP contribution is -2.17. The molecule has 110 valence electrons. The predicted molar refractivity (Wildman–Crippen MR) is 89.7 cm³/mol. The minimum absolute atomic E-state index is 0.0914. The first-order valence-corrected chi connectivity index (χ1v) is 7.38. The lowest BCUT2D eigenvalue weighted by Gasteiger charge is -2.04. The van der Waals surface area contributed by atoms with E-state index in [1.807, 2.05) is 43.3 Å². The lowest BCUT2D eigenvalue weighted by molar-refractivity contribution is -0.120. The summed E-state index contributed by atoms with van der Waals surface area (Å²) in [4.78, 5) is 12.0. The summed E-state index contributed by atoms with van der Waals surface area (Å²) in [5.41, 5.74) is 8.31. The molecule has 22 heavy (non-hydrogen) atoms. The number of aryl methyl sites for hydroxylation is 1. The summed E-state index contributed by atoms with van der Waals surface area (Å²) in [6, 6.07) is 16.2. The van der Waals surface area contributed by atoms with E-state index in [-0.39, 0.29) is 5.91 Å². The van der Waals surface area contributed by atoms with Crippen LogP contribution in [0.3, 0.4) is 0 Å². The number of hydrazone groups is 1. The molecule has 2 aromatic carbocycles. The van der Waals surface area contributed by atoms with Gasteiger partial charge in [-0.3, -0.25) is 4.79 Å². The quantitative estimate of drug-likeness (QED) is 0.680. The lowest BCUT2D eigenvalue weighted by atomic mass is 10.0. The summed E-state index contributed by atoms with van der Waals surface area (Å²) < 4.78 is 0. The Hall–Kier alpha value is -2.68. The maximum Gasteiger partial charge on any atom is 0.244 e. The molecule has 3 heteroatoms. The Kier molecular flexibility index (Phi) is 4.15. The zero-order valence-electron chi connectivity index (χ0n) is 12.5. The number of carbonyl (C=O) groups excluding carboxylic acids is 1. The van der Waals surface area contributed by atoms with E-state index >= 15 is 0 Å². The fourth-order valence-corrected chi connectivity index (χ4v) is 2.57. The van der Waals surface area contributed by atoms with Crippen molar-refractivity contribution in [1.82, 2.24) is 5.43 Å². The third-order valence-electron chi connectivity index (χ3n) is 3.76. The average molecular weight is 290 g/mol. The van der Waals surface area contributed by atoms with Gasteiger partial charge < -0.3 is 0 Å². The molecule has 0 saturated carbocycles. The van der Waals surface area contributed by atoms with Crippen LogP contribution in [0.4, 0.5) is 0 Å². The number of carbonyl (C=O) groups is 1. The van der Waals surface area contributed by atoms with E-state index in [1.54, 1.807) is 6.21 Å². The van der Waals surface area contributed by atoms with Crippen LogP contribution in [0.25, 0.3) is 5.57 Å². The molecule has 3 nitrogen and oxygen atoms in total. The van der Waals surface area contributed by atoms with E-state index in [4.69, 9.17) is 0 Å². The van der Waals surface area contributed by atoms with Crippen molar-refractivity contribution in [2.24, 2.45) is 5.10 Å². The van der Waals surface area contributed by atoms with Crippen molar-refractivity contribution in [1.29, 1.82) is 0 Å². The normalized spacial score (nSPS) is 13.0. The van der Waals surface area contributed by atoms with Crippen LogP contribution < -0.4 is 5.43 Å². The molecule has 0 aliphatic heterocycles. The second-order valence-corrected chi connectivity index (χ2v) is 5.47. The van der Waals surface area contributed by atoms with Crippen LogP contribution in [0, 0.1) is 6.92 Å². The van der Waals surface area contributed by atoms with Crippen molar-refractivity contribution in [2.45, 2.75) is 19.8 Å². The van der Waals surface area contributed by atoms with Crippen molar-refractivity contribution in [3.8, 4) is 0 Å². The molecule has 0 unspecified atom stereocenters. The van der Waals surface area contributed by atoms with Crippen LogP contribution in [0.2, 0.25) is 0 Å². The zero-order valence-corrected chi connectivity index (χ0v) is 12.5. The minimum Gasteiger partial charge on any atom is -0.273 e. The van der Waals surface area contributed by atoms with Gasteiger partial charge in [0.25, 0.3) is 0 Å².